The summed E-state index contributed by atoms with van der Waals surface area (Å²) in [6, 6.07) is 7.19. The van der Waals surface area contributed by atoms with Gasteiger partial charge in [-0.05, 0) is 35.9 Å². The molecule has 4 heterocycles. The van der Waals surface area contributed by atoms with E-state index in [2.05, 4.69) is 11.6 Å². The van der Waals surface area contributed by atoms with Gasteiger partial charge in [0.1, 0.15) is 12.6 Å². The summed E-state index contributed by atoms with van der Waals surface area (Å²) in [6.07, 6.45) is 3.39. The van der Waals surface area contributed by atoms with Crippen LogP contribution in [0.25, 0.3) is 6.08 Å². The van der Waals surface area contributed by atoms with Gasteiger partial charge in [0.2, 0.25) is 0 Å². The van der Waals surface area contributed by atoms with E-state index in [1.807, 2.05) is 41.1 Å². The summed E-state index contributed by atoms with van der Waals surface area (Å²) < 4.78 is 7.49. The summed E-state index contributed by atoms with van der Waals surface area (Å²) in [5.74, 6) is -0.480. The van der Waals surface area contributed by atoms with Crippen molar-refractivity contribution >= 4 is 46.1 Å². The van der Waals surface area contributed by atoms with E-state index in [4.69, 9.17) is 4.74 Å². The number of aromatic nitrogens is 1. The molecule has 5 nitrogen and oxygen atoms in total. The summed E-state index contributed by atoms with van der Waals surface area (Å²) in [6.45, 7) is 5.47. The Labute approximate surface area is 172 Å². The minimum atomic E-state index is -0.543. The van der Waals surface area contributed by atoms with Crippen LogP contribution in [0.5, 0.6) is 0 Å². The Hall–Kier alpha value is -2.55. The first kappa shape index (κ1) is 18.8. The van der Waals surface area contributed by atoms with Gasteiger partial charge in [-0.1, -0.05) is 36.1 Å². The van der Waals surface area contributed by atoms with Crippen molar-refractivity contribution in [1.82, 2.24) is 4.57 Å². The molecular weight excluding hydrogens is 412 g/mol. The fourth-order valence-electron chi connectivity index (χ4n) is 3.01. The number of carbonyl (C=O) groups is 1. The van der Waals surface area contributed by atoms with E-state index in [1.165, 1.54) is 28.7 Å². The van der Waals surface area contributed by atoms with E-state index in [9.17, 15) is 9.59 Å². The first-order valence-corrected chi connectivity index (χ1v) is 11.0. The highest BCUT2D eigenvalue weighted by Crippen LogP contribution is 2.33. The third-order valence-corrected chi connectivity index (χ3v) is 6.93. The lowest BCUT2D eigenvalue weighted by atomic mass is 10.0. The molecule has 1 aliphatic heterocycles. The number of esters is 1. The molecule has 0 amide bonds. The summed E-state index contributed by atoms with van der Waals surface area (Å²) in [4.78, 5) is 33.0. The standard InChI is InChI=1S/C20H16N2O3S3/c1-3-8-25-19(24)16-12(2)21-20-22(17(16)14-7-5-10-27-14)18(23)15(28-20)11-13-6-4-9-26-13/h3-7,9-11,17H,1,8H2,2H3/b15-11+. The topological polar surface area (TPSA) is 60.7 Å². The van der Waals surface area contributed by atoms with Crippen molar-refractivity contribution in [3.63, 3.8) is 0 Å². The van der Waals surface area contributed by atoms with Gasteiger partial charge >= 0.3 is 5.97 Å². The monoisotopic (exact) mass is 428 g/mol. The Bertz CT molecular complexity index is 1230. The summed E-state index contributed by atoms with van der Waals surface area (Å²) >= 11 is 4.40. The molecule has 0 N–H and O–H groups in total. The summed E-state index contributed by atoms with van der Waals surface area (Å²) in [5.41, 5.74) is 0.799. The lowest BCUT2D eigenvalue weighted by Crippen LogP contribution is -2.39. The van der Waals surface area contributed by atoms with Crippen molar-refractivity contribution in [2.45, 2.75) is 13.0 Å². The van der Waals surface area contributed by atoms with Crippen LogP contribution in [0.3, 0.4) is 0 Å². The second-order valence-electron chi connectivity index (χ2n) is 6.00. The van der Waals surface area contributed by atoms with Crippen LogP contribution in [0.4, 0.5) is 0 Å². The fraction of sp³-hybridized carbons (Fsp3) is 0.150. The van der Waals surface area contributed by atoms with Gasteiger partial charge in [-0.3, -0.25) is 9.36 Å². The SMILES string of the molecule is C=CCOC(=O)C1=C(C)N=c2s/c(=C/c3cccs3)c(=O)n2C1c1cccs1. The second-order valence-corrected chi connectivity index (χ2v) is 8.97. The first-order chi connectivity index (χ1) is 13.6. The van der Waals surface area contributed by atoms with Crippen LogP contribution < -0.4 is 14.9 Å². The van der Waals surface area contributed by atoms with E-state index >= 15 is 0 Å². The Morgan fingerprint density at radius 2 is 2.11 bits per heavy atom. The number of fused-ring (bicyclic) bond motifs is 1. The molecule has 0 spiro atoms. The number of rotatable bonds is 5. The average Bonchev–Trinajstić information content (AvgIpc) is 3.42. The number of hydrogen-bond donors (Lipinski definition) is 0. The number of thiazole rings is 1. The van der Waals surface area contributed by atoms with Gasteiger partial charge in [-0.15, -0.1) is 22.7 Å². The Balaban J connectivity index is 1.92. The largest absolute Gasteiger partial charge is 0.458 e. The van der Waals surface area contributed by atoms with Gasteiger partial charge in [-0.25, -0.2) is 9.79 Å². The minimum Gasteiger partial charge on any atom is -0.458 e. The number of carbonyl (C=O) groups excluding carboxylic acids is 1. The molecule has 0 saturated carbocycles. The number of allylic oxidation sites excluding steroid dienone is 1. The molecule has 142 valence electrons. The fourth-order valence-corrected chi connectivity index (χ4v) is 5.61. The van der Waals surface area contributed by atoms with Gasteiger partial charge < -0.3 is 4.74 Å². The molecule has 1 aliphatic rings. The smallest absolute Gasteiger partial charge is 0.338 e. The minimum absolute atomic E-state index is 0.107. The van der Waals surface area contributed by atoms with Gasteiger partial charge in [0.15, 0.2) is 4.80 Å². The van der Waals surface area contributed by atoms with Gasteiger partial charge in [0.05, 0.1) is 15.8 Å². The molecule has 3 aromatic rings. The summed E-state index contributed by atoms with van der Waals surface area (Å²) in [5, 5.41) is 3.90. The van der Waals surface area contributed by atoms with Crippen molar-refractivity contribution in [1.29, 1.82) is 0 Å². The zero-order chi connectivity index (χ0) is 19.7. The van der Waals surface area contributed by atoms with Gasteiger partial charge in [0.25, 0.3) is 5.56 Å². The van der Waals surface area contributed by atoms with Crippen LogP contribution in [-0.4, -0.2) is 17.1 Å². The maximum Gasteiger partial charge on any atom is 0.338 e. The molecule has 0 fully saturated rings. The predicted octanol–water partition coefficient (Wildman–Crippen LogP) is 3.09. The van der Waals surface area contributed by atoms with Crippen LogP contribution in [-0.2, 0) is 9.53 Å². The molecule has 8 heteroatoms. The predicted molar refractivity (Wildman–Crippen MR) is 114 cm³/mol. The number of ether oxygens (including phenoxy) is 1. The Kier molecular flexibility index (Phi) is 5.25. The van der Waals surface area contributed by atoms with Crippen LogP contribution in [0.15, 0.2) is 68.7 Å². The van der Waals surface area contributed by atoms with E-state index < -0.39 is 12.0 Å². The lowest BCUT2D eigenvalue weighted by Gasteiger charge is -2.23. The van der Waals surface area contributed by atoms with Crippen molar-refractivity contribution < 1.29 is 9.53 Å². The highest BCUT2D eigenvalue weighted by molar-refractivity contribution is 7.11. The van der Waals surface area contributed by atoms with E-state index in [1.54, 1.807) is 22.8 Å². The number of nitrogens with zero attached hydrogens (tertiary/aromatic N) is 2. The zero-order valence-corrected chi connectivity index (χ0v) is 17.4. The van der Waals surface area contributed by atoms with Crippen molar-refractivity contribution in [3.05, 3.63) is 88.4 Å². The molecular formula is C20H16N2O3S3. The maximum absolute atomic E-state index is 13.2. The molecule has 28 heavy (non-hydrogen) atoms. The first-order valence-electron chi connectivity index (χ1n) is 8.47. The van der Waals surface area contributed by atoms with Crippen molar-refractivity contribution in [3.8, 4) is 0 Å². The van der Waals surface area contributed by atoms with Crippen molar-refractivity contribution in [2.75, 3.05) is 6.61 Å². The van der Waals surface area contributed by atoms with E-state index in [0.717, 1.165) is 9.75 Å². The third-order valence-electron chi connectivity index (χ3n) is 4.20. The third kappa shape index (κ3) is 3.34. The lowest BCUT2D eigenvalue weighted by molar-refractivity contribution is -0.138. The van der Waals surface area contributed by atoms with E-state index in [0.29, 0.717) is 20.6 Å². The molecule has 0 aliphatic carbocycles. The molecule has 0 aromatic carbocycles. The van der Waals surface area contributed by atoms with Crippen LogP contribution >= 0.6 is 34.0 Å². The zero-order valence-electron chi connectivity index (χ0n) is 15.0. The van der Waals surface area contributed by atoms with Gasteiger partial charge in [0, 0.05) is 9.75 Å². The summed E-state index contributed by atoms with van der Waals surface area (Å²) in [7, 11) is 0. The molecule has 3 aromatic heterocycles. The Morgan fingerprint density at radius 1 is 1.32 bits per heavy atom. The average molecular weight is 429 g/mol. The highest BCUT2D eigenvalue weighted by atomic mass is 32.1. The quantitative estimate of drug-likeness (QED) is 0.464. The van der Waals surface area contributed by atoms with Crippen LogP contribution in [0.1, 0.15) is 22.7 Å². The normalized spacial score (nSPS) is 16.6. The molecule has 1 unspecified atom stereocenters. The molecule has 0 bridgehead atoms. The number of thiophene rings is 2. The molecule has 1 atom stereocenters. The van der Waals surface area contributed by atoms with Crippen molar-refractivity contribution in [2.24, 2.45) is 4.99 Å². The van der Waals surface area contributed by atoms with Crippen LogP contribution in [0.2, 0.25) is 0 Å². The maximum atomic E-state index is 13.2. The molecule has 4 rings (SSSR count). The molecule has 0 radical (unpaired) electrons. The van der Waals surface area contributed by atoms with Gasteiger partial charge in [-0.2, -0.15) is 0 Å². The Morgan fingerprint density at radius 3 is 2.79 bits per heavy atom. The number of hydrogen-bond acceptors (Lipinski definition) is 7. The van der Waals surface area contributed by atoms with E-state index in [-0.39, 0.29) is 12.2 Å². The second kappa shape index (κ2) is 7.83. The molecule has 0 saturated heterocycles. The van der Waals surface area contributed by atoms with Crippen LogP contribution in [0, 0.1) is 0 Å². The highest BCUT2D eigenvalue weighted by Gasteiger charge is 2.33.